The van der Waals surface area contributed by atoms with Gasteiger partial charge in [-0.05, 0) is 45.4 Å². The maximum Gasteiger partial charge on any atom is 0.230 e. The molecule has 1 aromatic carbocycles. The number of aromatic nitrogens is 2. The summed E-state index contributed by atoms with van der Waals surface area (Å²) in [5.74, 6) is 1.51. The predicted octanol–water partition coefficient (Wildman–Crippen LogP) is 3.13. The maximum atomic E-state index is 13.9. The van der Waals surface area contributed by atoms with Gasteiger partial charge in [0.2, 0.25) is 5.91 Å². The number of hydrogen-bond donors (Lipinski definition) is 0. The van der Waals surface area contributed by atoms with Crippen LogP contribution in [0.5, 0.6) is 0 Å². The van der Waals surface area contributed by atoms with E-state index in [2.05, 4.69) is 69.7 Å². The molecule has 31 heavy (non-hydrogen) atoms. The van der Waals surface area contributed by atoms with E-state index >= 15 is 0 Å². The average molecular weight is 422 g/mol. The van der Waals surface area contributed by atoms with Crippen LogP contribution in [-0.2, 0) is 17.9 Å². The van der Waals surface area contributed by atoms with Crippen molar-refractivity contribution in [3.8, 4) is 0 Å². The average Bonchev–Trinajstić information content (AvgIpc) is 3.32. The SMILES string of the molecule is CCn1c(CN2CC=CC[C@@]3(C(=O)N4CCN(C)CC4)CCC[C@@H]23)nc2ccccc21. The Bertz CT molecular complexity index is 973. The molecule has 1 saturated carbocycles. The van der Waals surface area contributed by atoms with E-state index in [1.54, 1.807) is 0 Å². The number of allylic oxidation sites excluding steroid dienone is 1. The van der Waals surface area contributed by atoms with Crippen molar-refractivity contribution in [3.63, 3.8) is 0 Å². The van der Waals surface area contributed by atoms with E-state index in [0.29, 0.717) is 11.9 Å². The Morgan fingerprint density at radius 1 is 1.16 bits per heavy atom. The van der Waals surface area contributed by atoms with Crippen molar-refractivity contribution in [2.45, 2.75) is 51.7 Å². The molecule has 3 aliphatic rings. The van der Waals surface area contributed by atoms with Gasteiger partial charge in [0.25, 0.3) is 0 Å². The second-order valence-electron chi connectivity index (χ2n) is 9.53. The van der Waals surface area contributed by atoms with Gasteiger partial charge in [0.1, 0.15) is 5.82 Å². The summed E-state index contributed by atoms with van der Waals surface area (Å²) in [6.45, 7) is 8.48. The molecule has 2 atom stereocenters. The highest BCUT2D eigenvalue weighted by molar-refractivity contribution is 5.84. The number of carbonyl (C=O) groups excluding carboxylic acids is 1. The van der Waals surface area contributed by atoms with E-state index in [4.69, 9.17) is 4.98 Å². The van der Waals surface area contributed by atoms with Crippen LogP contribution in [0.3, 0.4) is 0 Å². The number of piperazine rings is 1. The second kappa shape index (κ2) is 8.40. The lowest BCUT2D eigenvalue weighted by atomic mass is 9.77. The third-order valence-corrected chi connectivity index (χ3v) is 7.78. The number of aryl methyl sites for hydroxylation is 1. The van der Waals surface area contributed by atoms with Crippen LogP contribution in [0.2, 0.25) is 0 Å². The molecule has 5 rings (SSSR count). The summed E-state index contributed by atoms with van der Waals surface area (Å²) in [7, 11) is 2.15. The van der Waals surface area contributed by atoms with Crippen molar-refractivity contribution in [2.24, 2.45) is 5.41 Å². The van der Waals surface area contributed by atoms with Gasteiger partial charge in [0.05, 0.1) is 23.0 Å². The highest BCUT2D eigenvalue weighted by atomic mass is 16.2. The molecule has 1 saturated heterocycles. The van der Waals surface area contributed by atoms with Crippen molar-refractivity contribution in [1.82, 2.24) is 24.3 Å². The molecule has 6 heteroatoms. The number of nitrogens with zero attached hydrogens (tertiary/aromatic N) is 5. The van der Waals surface area contributed by atoms with Gasteiger partial charge in [-0.15, -0.1) is 0 Å². The molecule has 0 bridgehead atoms. The third-order valence-electron chi connectivity index (χ3n) is 7.78. The quantitative estimate of drug-likeness (QED) is 0.712. The lowest BCUT2D eigenvalue weighted by Gasteiger charge is -2.43. The summed E-state index contributed by atoms with van der Waals surface area (Å²) >= 11 is 0. The first-order valence-corrected chi connectivity index (χ1v) is 11.9. The summed E-state index contributed by atoms with van der Waals surface area (Å²) in [5.41, 5.74) is 2.00. The largest absolute Gasteiger partial charge is 0.340 e. The van der Waals surface area contributed by atoms with Gasteiger partial charge in [-0.2, -0.15) is 0 Å². The van der Waals surface area contributed by atoms with Gasteiger partial charge in [-0.25, -0.2) is 4.98 Å². The highest BCUT2D eigenvalue weighted by Crippen LogP contribution is 2.47. The summed E-state index contributed by atoms with van der Waals surface area (Å²) in [6.07, 6.45) is 8.68. The van der Waals surface area contributed by atoms with E-state index in [-0.39, 0.29) is 5.41 Å². The fourth-order valence-corrected chi connectivity index (χ4v) is 6.07. The van der Waals surface area contributed by atoms with E-state index in [1.807, 2.05) is 0 Å². The zero-order chi connectivity index (χ0) is 21.4. The van der Waals surface area contributed by atoms with Crippen LogP contribution in [0.25, 0.3) is 11.0 Å². The van der Waals surface area contributed by atoms with Gasteiger partial charge in [-0.3, -0.25) is 9.69 Å². The minimum absolute atomic E-state index is 0.272. The molecule has 2 aliphatic heterocycles. The van der Waals surface area contributed by atoms with Crippen molar-refractivity contribution in [1.29, 1.82) is 0 Å². The molecule has 0 unspecified atom stereocenters. The zero-order valence-electron chi connectivity index (χ0n) is 19.0. The number of amides is 1. The Morgan fingerprint density at radius 2 is 1.97 bits per heavy atom. The molecule has 0 N–H and O–H groups in total. The molecule has 166 valence electrons. The minimum Gasteiger partial charge on any atom is -0.340 e. The minimum atomic E-state index is -0.272. The Hall–Kier alpha value is -2.18. The van der Waals surface area contributed by atoms with E-state index in [9.17, 15) is 4.79 Å². The predicted molar refractivity (Wildman–Crippen MR) is 124 cm³/mol. The first kappa shape index (κ1) is 20.7. The number of para-hydroxylation sites is 2. The topological polar surface area (TPSA) is 44.6 Å². The second-order valence-corrected chi connectivity index (χ2v) is 9.53. The first-order valence-electron chi connectivity index (χ1n) is 11.9. The number of rotatable bonds is 4. The molecule has 2 fully saturated rings. The summed E-state index contributed by atoms with van der Waals surface area (Å²) in [6, 6.07) is 8.70. The van der Waals surface area contributed by atoms with Gasteiger partial charge in [0, 0.05) is 45.3 Å². The molecule has 3 heterocycles. The lowest BCUT2D eigenvalue weighted by Crippen LogP contribution is -2.56. The Morgan fingerprint density at radius 3 is 2.77 bits per heavy atom. The zero-order valence-corrected chi connectivity index (χ0v) is 19.0. The molecular weight excluding hydrogens is 386 g/mol. The van der Waals surface area contributed by atoms with Gasteiger partial charge < -0.3 is 14.4 Å². The third kappa shape index (κ3) is 3.60. The van der Waals surface area contributed by atoms with Crippen LogP contribution in [0.15, 0.2) is 36.4 Å². The number of carbonyl (C=O) groups is 1. The van der Waals surface area contributed by atoms with Crippen LogP contribution in [0.4, 0.5) is 0 Å². The fourth-order valence-electron chi connectivity index (χ4n) is 6.07. The van der Waals surface area contributed by atoms with Crippen molar-refractivity contribution in [3.05, 3.63) is 42.2 Å². The van der Waals surface area contributed by atoms with Crippen LogP contribution in [0.1, 0.15) is 38.4 Å². The smallest absolute Gasteiger partial charge is 0.230 e. The van der Waals surface area contributed by atoms with Crippen molar-refractivity contribution < 1.29 is 4.79 Å². The van der Waals surface area contributed by atoms with Crippen molar-refractivity contribution >= 4 is 16.9 Å². The van der Waals surface area contributed by atoms with Crippen molar-refractivity contribution in [2.75, 3.05) is 39.8 Å². The summed E-state index contributed by atoms with van der Waals surface area (Å²) in [4.78, 5) is 25.9. The van der Waals surface area contributed by atoms with Crippen LogP contribution >= 0.6 is 0 Å². The van der Waals surface area contributed by atoms with Crippen LogP contribution < -0.4 is 0 Å². The fraction of sp³-hybridized carbons (Fsp3) is 0.600. The number of imidazole rings is 1. The molecule has 1 amide bonds. The number of hydrogen-bond acceptors (Lipinski definition) is 4. The number of likely N-dealkylation sites (N-methyl/N-ethyl adjacent to an activating group) is 1. The van der Waals surface area contributed by atoms with E-state index < -0.39 is 0 Å². The molecule has 6 nitrogen and oxygen atoms in total. The number of benzene rings is 1. The normalized spacial score (nSPS) is 27.5. The van der Waals surface area contributed by atoms with E-state index in [1.165, 1.54) is 5.52 Å². The maximum absolute atomic E-state index is 13.9. The van der Waals surface area contributed by atoms with Gasteiger partial charge >= 0.3 is 0 Å². The number of fused-ring (bicyclic) bond motifs is 2. The molecule has 0 spiro atoms. The molecule has 1 aromatic heterocycles. The van der Waals surface area contributed by atoms with Crippen LogP contribution in [-0.4, -0.2) is 76.0 Å². The standard InChI is InChI=1S/C25H35N5O/c1-3-30-21-10-5-4-9-20(21)26-23(30)19-29-14-7-6-12-25(13-8-11-22(25)29)24(31)28-17-15-27(2)16-18-28/h4-7,9-10,22H,3,8,11-19H2,1-2H3/t22-,25-/m1/s1. The molecule has 1 aliphatic carbocycles. The Balaban J connectivity index is 1.44. The molecule has 0 radical (unpaired) electrons. The van der Waals surface area contributed by atoms with Crippen LogP contribution in [0, 0.1) is 5.41 Å². The van der Waals surface area contributed by atoms with Gasteiger partial charge in [0.15, 0.2) is 0 Å². The monoisotopic (exact) mass is 421 g/mol. The van der Waals surface area contributed by atoms with E-state index in [0.717, 1.165) is 82.8 Å². The highest BCUT2D eigenvalue weighted by Gasteiger charge is 2.52. The van der Waals surface area contributed by atoms with Gasteiger partial charge in [-0.1, -0.05) is 30.7 Å². The molecular formula is C25H35N5O. The lowest BCUT2D eigenvalue weighted by molar-refractivity contribution is -0.147. The molecule has 2 aromatic rings. The summed E-state index contributed by atoms with van der Waals surface area (Å²) in [5, 5.41) is 0. The Labute approximate surface area is 185 Å². The summed E-state index contributed by atoms with van der Waals surface area (Å²) < 4.78 is 2.34. The Kier molecular flexibility index (Phi) is 5.61. The first-order chi connectivity index (χ1) is 15.1.